The number of rotatable bonds is 5. The first kappa shape index (κ1) is 16.9. The van der Waals surface area contributed by atoms with Crippen LogP contribution in [0.25, 0.3) is 0 Å². The molecule has 0 spiro atoms. The third-order valence-corrected chi connectivity index (χ3v) is 4.56. The van der Waals surface area contributed by atoms with Gasteiger partial charge in [0.25, 0.3) is 5.69 Å². The van der Waals surface area contributed by atoms with Gasteiger partial charge in [0.1, 0.15) is 11.7 Å². The van der Waals surface area contributed by atoms with Crippen LogP contribution in [0.5, 0.6) is 5.75 Å². The molecular weight excluding hydrogens is 332 g/mol. The summed E-state index contributed by atoms with van der Waals surface area (Å²) in [5.41, 5.74) is -1.16. The van der Waals surface area contributed by atoms with Crippen LogP contribution in [-0.4, -0.2) is 40.7 Å². The number of aliphatic carboxylic acids is 1. The van der Waals surface area contributed by atoms with Gasteiger partial charge in [0.2, 0.25) is 5.91 Å². The maximum absolute atomic E-state index is 12.8. The maximum atomic E-state index is 12.8. The molecule has 1 aromatic carbocycles. The molecule has 4 atom stereocenters. The fraction of sp³-hybridized carbons (Fsp3) is 0.375. The summed E-state index contributed by atoms with van der Waals surface area (Å²) in [6.07, 6.45) is 2.63. The third kappa shape index (κ3) is 2.72. The van der Waals surface area contributed by atoms with Gasteiger partial charge in [0, 0.05) is 12.1 Å². The summed E-state index contributed by atoms with van der Waals surface area (Å²) < 4.78 is 10.7. The lowest BCUT2D eigenvalue weighted by Gasteiger charge is -2.28. The molecule has 0 aliphatic carbocycles. The summed E-state index contributed by atoms with van der Waals surface area (Å²) in [5, 5.41) is 22.9. The highest BCUT2D eigenvalue weighted by Gasteiger charge is 2.59. The van der Waals surface area contributed by atoms with Gasteiger partial charge in [-0.15, -0.1) is 0 Å². The predicted octanol–water partition coefficient (Wildman–Crippen LogP) is 1.59. The Kier molecular flexibility index (Phi) is 3.96. The summed E-state index contributed by atoms with van der Waals surface area (Å²) >= 11 is 0. The molecule has 1 amide bonds. The first-order valence-electron chi connectivity index (χ1n) is 7.50. The highest BCUT2D eigenvalue weighted by molar-refractivity contribution is 5.98. The minimum Gasteiger partial charge on any atom is -0.495 e. The van der Waals surface area contributed by atoms with Crippen molar-refractivity contribution in [1.29, 1.82) is 0 Å². The Labute approximate surface area is 142 Å². The second-order valence-electron chi connectivity index (χ2n) is 6.10. The van der Waals surface area contributed by atoms with E-state index in [1.807, 2.05) is 0 Å². The Balaban J connectivity index is 1.92. The lowest BCUT2D eigenvalue weighted by molar-refractivity contribution is -0.384. The minimum atomic E-state index is -1.13. The number of anilines is 1. The minimum absolute atomic E-state index is 0.0983. The average molecular weight is 348 g/mol. The highest BCUT2D eigenvalue weighted by Crippen LogP contribution is 2.47. The van der Waals surface area contributed by atoms with Gasteiger partial charge in [-0.25, -0.2) is 0 Å². The van der Waals surface area contributed by atoms with Gasteiger partial charge in [-0.1, -0.05) is 12.2 Å². The Morgan fingerprint density at radius 3 is 2.76 bits per heavy atom. The van der Waals surface area contributed by atoms with Gasteiger partial charge >= 0.3 is 5.97 Å². The number of carboxylic acids is 1. The van der Waals surface area contributed by atoms with Crippen molar-refractivity contribution in [2.75, 3.05) is 12.4 Å². The number of hydrogen-bond donors (Lipinski definition) is 2. The molecule has 3 rings (SSSR count). The van der Waals surface area contributed by atoms with Crippen molar-refractivity contribution in [2.45, 2.75) is 18.6 Å². The van der Waals surface area contributed by atoms with E-state index < -0.39 is 40.3 Å². The number of carbonyl (C=O) groups is 2. The van der Waals surface area contributed by atoms with E-state index in [1.165, 1.54) is 25.3 Å². The number of non-ortho nitro benzene ring substituents is 1. The summed E-state index contributed by atoms with van der Waals surface area (Å²) in [5.74, 6) is -3.50. The summed E-state index contributed by atoms with van der Waals surface area (Å²) in [4.78, 5) is 34.7. The first-order valence-corrected chi connectivity index (χ1v) is 7.50. The fourth-order valence-corrected chi connectivity index (χ4v) is 3.40. The van der Waals surface area contributed by atoms with Gasteiger partial charge in [-0.3, -0.25) is 19.7 Å². The van der Waals surface area contributed by atoms with Crippen LogP contribution in [0, 0.1) is 22.0 Å². The van der Waals surface area contributed by atoms with E-state index in [0.29, 0.717) is 0 Å². The van der Waals surface area contributed by atoms with E-state index in [-0.39, 0.29) is 17.1 Å². The molecule has 2 heterocycles. The molecule has 2 aliphatic heterocycles. The number of methoxy groups -OCH3 is 1. The van der Waals surface area contributed by atoms with Crippen LogP contribution in [0.4, 0.5) is 11.4 Å². The third-order valence-electron chi connectivity index (χ3n) is 4.56. The second kappa shape index (κ2) is 5.85. The monoisotopic (exact) mass is 348 g/mol. The topological polar surface area (TPSA) is 128 Å². The normalized spacial score (nSPS) is 29.4. The molecule has 0 radical (unpaired) electrons. The van der Waals surface area contributed by atoms with Gasteiger partial charge < -0.3 is 19.9 Å². The number of carboxylic acid groups (broad SMARTS) is 1. The molecule has 9 nitrogen and oxygen atoms in total. The molecular formula is C16H16N2O7. The molecule has 0 unspecified atom stereocenters. The number of fused-ring (bicyclic) bond motifs is 2. The molecule has 2 bridgehead atoms. The van der Waals surface area contributed by atoms with E-state index in [0.717, 1.165) is 0 Å². The van der Waals surface area contributed by atoms with E-state index in [4.69, 9.17) is 9.47 Å². The zero-order valence-corrected chi connectivity index (χ0v) is 13.5. The second-order valence-corrected chi connectivity index (χ2v) is 6.10. The molecule has 132 valence electrons. The number of nitrogens with one attached hydrogen (secondary N) is 1. The lowest BCUT2D eigenvalue weighted by Crippen LogP contribution is -2.44. The SMILES string of the molecule is COc1ccc([N+](=O)[O-])cc1NC(=O)[C@@H]1[C@@H](C(=O)O)[C@H]2C=C[C@@]1(C)O2. The summed E-state index contributed by atoms with van der Waals surface area (Å²) in [6, 6.07) is 3.78. The largest absolute Gasteiger partial charge is 0.495 e. The summed E-state index contributed by atoms with van der Waals surface area (Å²) in [6.45, 7) is 1.64. The van der Waals surface area contributed by atoms with Gasteiger partial charge in [0.15, 0.2) is 0 Å². The highest BCUT2D eigenvalue weighted by atomic mass is 16.6. The average Bonchev–Trinajstić information content (AvgIpc) is 3.07. The number of nitro groups is 1. The molecule has 25 heavy (non-hydrogen) atoms. The van der Waals surface area contributed by atoms with Crippen LogP contribution in [-0.2, 0) is 14.3 Å². The Morgan fingerprint density at radius 2 is 2.16 bits per heavy atom. The van der Waals surface area contributed by atoms with E-state index in [1.54, 1.807) is 19.1 Å². The van der Waals surface area contributed by atoms with Crippen molar-refractivity contribution in [2.24, 2.45) is 11.8 Å². The molecule has 9 heteroatoms. The van der Waals surface area contributed by atoms with Crippen molar-refractivity contribution in [1.82, 2.24) is 0 Å². The summed E-state index contributed by atoms with van der Waals surface area (Å²) in [7, 11) is 1.36. The zero-order chi connectivity index (χ0) is 18.4. The number of amides is 1. The van der Waals surface area contributed by atoms with Gasteiger partial charge in [-0.05, 0) is 13.0 Å². The maximum Gasteiger partial charge on any atom is 0.310 e. The van der Waals surface area contributed by atoms with Gasteiger partial charge in [0.05, 0.1) is 35.3 Å². The van der Waals surface area contributed by atoms with Crippen LogP contribution >= 0.6 is 0 Å². The van der Waals surface area contributed by atoms with Crippen LogP contribution in [0.1, 0.15) is 6.92 Å². The van der Waals surface area contributed by atoms with E-state index >= 15 is 0 Å². The fourth-order valence-electron chi connectivity index (χ4n) is 3.40. The molecule has 1 saturated heterocycles. The molecule has 1 aromatic rings. The Bertz CT molecular complexity index is 791. The van der Waals surface area contributed by atoms with E-state index in [2.05, 4.69) is 5.32 Å². The zero-order valence-electron chi connectivity index (χ0n) is 13.5. The van der Waals surface area contributed by atoms with Crippen molar-refractivity contribution in [3.8, 4) is 5.75 Å². The first-order chi connectivity index (χ1) is 11.8. The number of nitro benzene ring substituents is 1. The van der Waals surface area contributed by atoms with Crippen molar-refractivity contribution in [3.05, 3.63) is 40.5 Å². The number of hydrogen-bond acceptors (Lipinski definition) is 6. The number of carbonyl (C=O) groups excluding carboxylic acids is 1. The molecule has 0 aromatic heterocycles. The van der Waals surface area contributed by atoms with Gasteiger partial charge in [-0.2, -0.15) is 0 Å². The quantitative estimate of drug-likeness (QED) is 0.470. The number of benzene rings is 1. The van der Waals surface area contributed by atoms with Crippen LogP contribution in [0.3, 0.4) is 0 Å². The van der Waals surface area contributed by atoms with E-state index in [9.17, 15) is 24.8 Å². The predicted molar refractivity (Wildman–Crippen MR) is 85.3 cm³/mol. The van der Waals surface area contributed by atoms with Crippen LogP contribution < -0.4 is 10.1 Å². The number of ether oxygens (including phenoxy) is 2. The lowest BCUT2D eigenvalue weighted by atomic mass is 9.75. The molecule has 2 N–H and O–H groups in total. The van der Waals surface area contributed by atoms with Crippen molar-refractivity contribution < 1.29 is 29.1 Å². The Hall–Kier alpha value is -2.94. The Morgan fingerprint density at radius 1 is 1.44 bits per heavy atom. The van der Waals surface area contributed by atoms with Crippen LogP contribution in [0.15, 0.2) is 30.4 Å². The molecule has 1 fully saturated rings. The number of nitrogens with zero attached hydrogens (tertiary/aromatic N) is 1. The molecule has 2 aliphatic rings. The standard InChI is InChI=1S/C16H16N2O7/c1-16-6-5-11(25-16)12(15(20)21)13(16)14(19)17-9-7-8(18(22)23)3-4-10(9)24-2/h3-7,11-13H,1-2H3,(H,17,19)(H,20,21)/t11-,12+,13+,16-/m1/s1. The molecule has 0 saturated carbocycles. The smallest absolute Gasteiger partial charge is 0.310 e. The van der Waals surface area contributed by atoms with Crippen molar-refractivity contribution in [3.63, 3.8) is 0 Å². The van der Waals surface area contributed by atoms with Crippen molar-refractivity contribution >= 4 is 23.3 Å². The van der Waals surface area contributed by atoms with Crippen LogP contribution in [0.2, 0.25) is 0 Å².